The van der Waals surface area contributed by atoms with Crippen molar-refractivity contribution in [3.8, 4) is 0 Å². The molecule has 0 amide bonds. The van der Waals surface area contributed by atoms with Crippen LogP contribution in [0.3, 0.4) is 0 Å². The van der Waals surface area contributed by atoms with Crippen LogP contribution in [0.1, 0.15) is 29.7 Å². The summed E-state index contributed by atoms with van der Waals surface area (Å²) >= 11 is 0. The summed E-state index contributed by atoms with van der Waals surface area (Å²) in [5.74, 6) is 0.130. The van der Waals surface area contributed by atoms with Crippen LogP contribution < -0.4 is 5.32 Å². The molecule has 156 valence electrons. The molecule has 8 heteroatoms. The third-order valence-corrected chi connectivity index (χ3v) is 5.42. The lowest BCUT2D eigenvalue weighted by molar-refractivity contribution is -0.138. The highest BCUT2D eigenvalue weighted by Gasteiger charge is 2.33. The first-order valence-electron chi connectivity index (χ1n) is 9.53. The van der Waals surface area contributed by atoms with Crippen molar-refractivity contribution >= 4 is 17.3 Å². The number of anilines is 2. The van der Waals surface area contributed by atoms with Crippen molar-refractivity contribution in [2.24, 2.45) is 0 Å². The standard InChI is InChI=1S/C21H26F3N5/c1-14-19(21(22,23)24)13-25-20(26-14)27-17-7-5-16(6-8-17)15(2)29(4)18-9-11-28(3)12-10-18/h5-8,13,18H,2,9-12H2,1,3-4H3,(H,25,26,27). The largest absolute Gasteiger partial charge is 0.419 e. The first-order valence-corrected chi connectivity index (χ1v) is 9.53. The fraction of sp³-hybridized carbons (Fsp3) is 0.429. The molecule has 1 aliphatic rings. The molecule has 0 spiro atoms. The minimum atomic E-state index is -4.45. The Kier molecular flexibility index (Phi) is 6.12. The number of hydrogen-bond donors (Lipinski definition) is 1. The zero-order chi connectivity index (χ0) is 21.2. The van der Waals surface area contributed by atoms with Gasteiger partial charge in [-0.15, -0.1) is 0 Å². The molecule has 29 heavy (non-hydrogen) atoms. The molecule has 2 aromatic rings. The van der Waals surface area contributed by atoms with Crippen molar-refractivity contribution in [1.29, 1.82) is 0 Å². The minimum absolute atomic E-state index is 0.111. The molecular formula is C21H26F3N5. The van der Waals surface area contributed by atoms with Gasteiger partial charge in [-0.1, -0.05) is 18.7 Å². The van der Waals surface area contributed by atoms with Gasteiger partial charge in [-0.3, -0.25) is 0 Å². The van der Waals surface area contributed by atoms with E-state index in [0.717, 1.165) is 43.4 Å². The maximum absolute atomic E-state index is 12.8. The summed E-state index contributed by atoms with van der Waals surface area (Å²) in [7, 11) is 4.21. The van der Waals surface area contributed by atoms with Crippen LogP contribution in [0.25, 0.3) is 5.70 Å². The molecule has 0 unspecified atom stereocenters. The zero-order valence-corrected chi connectivity index (χ0v) is 16.9. The normalized spacial score (nSPS) is 15.9. The number of nitrogens with zero attached hydrogens (tertiary/aromatic N) is 4. The average Bonchev–Trinajstić information content (AvgIpc) is 2.67. The third-order valence-electron chi connectivity index (χ3n) is 5.42. The summed E-state index contributed by atoms with van der Waals surface area (Å²) in [5, 5.41) is 2.95. The van der Waals surface area contributed by atoms with Crippen molar-refractivity contribution in [1.82, 2.24) is 19.8 Å². The molecule has 3 rings (SSSR count). The van der Waals surface area contributed by atoms with Gasteiger partial charge in [0.2, 0.25) is 5.95 Å². The van der Waals surface area contributed by atoms with E-state index < -0.39 is 11.7 Å². The Morgan fingerprint density at radius 2 is 1.83 bits per heavy atom. The molecule has 0 bridgehead atoms. The number of hydrogen-bond acceptors (Lipinski definition) is 5. The Morgan fingerprint density at radius 3 is 2.38 bits per heavy atom. The van der Waals surface area contributed by atoms with Crippen molar-refractivity contribution in [2.45, 2.75) is 32.0 Å². The third kappa shape index (κ3) is 5.06. The SMILES string of the molecule is C=C(c1ccc(Nc2ncc(C(F)(F)F)c(C)n2)cc1)N(C)C1CCN(C)CC1. The fourth-order valence-corrected chi connectivity index (χ4v) is 3.49. The quantitative estimate of drug-likeness (QED) is 0.791. The van der Waals surface area contributed by atoms with E-state index in [-0.39, 0.29) is 11.6 Å². The molecule has 1 aromatic carbocycles. The molecule has 1 fully saturated rings. The first-order chi connectivity index (χ1) is 13.6. The van der Waals surface area contributed by atoms with Crippen LogP contribution in [-0.4, -0.2) is 53.0 Å². The topological polar surface area (TPSA) is 44.3 Å². The highest BCUT2D eigenvalue weighted by Crippen LogP contribution is 2.31. The van der Waals surface area contributed by atoms with Crippen LogP contribution in [0.5, 0.6) is 0 Å². The molecule has 0 aliphatic carbocycles. The second kappa shape index (κ2) is 8.41. The van der Waals surface area contributed by atoms with E-state index in [4.69, 9.17) is 0 Å². The molecule has 0 saturated carbocycles. The zero-order valence-electron chi connectivity index (χ0n) is 16.9. The van der Waals surface area contributed by atoms with E-state index in [1.54, 1.807) is 0 Å². The number of aromatic nitrogens is 2. The predicted molar refractivity (Wildman–Crippen MR) is 109 cm³/mol. The highest BCUT2D eigenvalue weighted by atomic mass is 19.4. The van der Waals surface area contributed by atoms with Gasteiger partial charge < -0.3 is 15.1 Å². The number of rotatable bonds is 5. The van der Waals surface area contributed by atoms with Gasteiger partial charge in [0.1, 0.15) is 0 Å². The highest BCUT2D eigenvalue weighted by molar-refractivity contribution is 5.65. The Morgan fingerprint density at radius 1 is 1.21 bits per heavy atom. The van der Waals surface area contributed by atoms with Gasteiger partial charge in [0.25, 0.3) is 0 Å². The second-order valence-electron chi connectivity index (χ2n) is 7.48. The fourth-order valence-electron chi connectivity index (χ4n) is 3.49. The van der Waals surface area contributed by atoms with E-state index in [1.807, 2.05) is 24.3 Å². The van der Waals surface area contributed by atoms with Gasteiger partial charge in [-0.05, 0) is 57.6 Å². The smallest absolute Gasteiger partial charge is 0.372 e. The monoisotopic (exact) mass is 405 g/mol. The van der Waals surface area contributed by atoms with Crippen molar-refractivity contribution in [3.05, 3.63) is 53.9 Å². The summed E-state index contributed by atoms with van der Waals surface area (Å²) in [4.78, 5) is 12.3. The Bertz CT molecular complexity index is 856. The number of piperidine rings is 1. The maximum atomic E-state index is 12.8. The molecule has 1 saturated heterocycles. The van der Waals surface area contributed by atoms with Gasteiger partial charge in [0.15, 0.2) is 0 Å². The Labute approximate surface area is 169 Å². The summed E-state index contributed by atoms with van der Waals surface area (Å²) in [6.45, 7) is 7.72. The molecule has 2 heterocycles. The Hall–Kier alpha value is -2.61. The molecule has 5 nitrogen and oxygen atoms in total. The van der Waals surface area contributed by atoms with E-state index in [2.05, 4.69) is 45.8 Å². The number of nitrogens with one attached hydrogen (secondary N) is 1. The lowest BCUT2D eigenvalue weighted by Gasteiger charge is -2.37. The van der Waals surface area contributed by atoms with E-state index in [9.17, 15) is 13.2 Å². The van der Waals surface area contributed by atoms with Crippen LogP contribution in [0.15, 0.2) is 37.0 Å². The summed E-state index contributed by atoms with van der Waals surface area (Å²) in [6, 6.07) is 8.04. The maximum Gasteiger partial charge on any atom is 0.419 e. The van der Waals surface area contributed by atoms with Crippen molar-refractivity contribution < 1.29 is 13.2 Å². The van der Waals surface area contributed by atoms with Gasteiger partial charge in [0.05, 0.1) is 11.3 Å². The van der Waals surface area contributed by atoms with Crippen LogP contribution in [0, 0.1) is 6.92 Å². The van der Waals surface area contributed by atoms with E-state index in [0.29, 0.717) is 11.7 Å². The molecule has 1 aliphatic heterocycles. The number of halogens is 3. The van der Waals surface area contributed by atoms with Crippen LogP contribution in [-0.2, 0) is 6.18 Å². The van der Waals surface area contributed by atoms with Gasteiger partial charge in [-0.25, -0.2) is 9.97 Å². The first kappa shape index (κ1) is 21.1. The number of benzene rings is 1. The van der Waals surface area contributed by atoms with Crippen molar-refractivity contribution in [3.63, 3.8) is 0 Å². The van der Waals surface area contributed by atoms with Crippen LogP contribution in [0.2, 0.25) is 0 Å². The average molecular weight is 405 g/mol. The lowest BCUT2D eigenvalue weighted by Crippen LogP contribution is -2.40. The summed E-state index contributed by atoms with van der Waals surface area (Å²) in [5.41, 5.74) is 1.71. The summed E-state index contributed by atoms with van der Waals surface area (Å²) < 4.78 is 38.5. The van der Waals surface area contributed by atoms with Gasteiger partial charge in [0, 0.05) is 30.7 Å². The van der Waals surface area contributed by atoms with Crippen LogP contribution in [0.4, 0.5) is 24.8 Å². The predicted octanol–water partition coefficient (Wildman–Crippen LogP) is 4.54. The second-order valence-corrected chi connectivity index (χ2v) is 7.48. The van der Waals surface area contributed by atoms with E-state index >= 15 is 0 Å². The molecule has 0 radical (unpaired) electrons. The van der Waals surface area contributed by atoms with Gasteiger partial charge in [-0.2, -0.15) is 13.2 Å². The minimum Gasteiger partial charge on any atom is -0.372 e. The molecular weight excluding hydrogens is 379 g/mol. The van der Waals surface area contributed by atoms with Crippen LogP contribution >= 0.6 is 0 Å². The van der Waals surface area contributed by atoms with Gasteiger partial charge >= 0.3 is 6.18 Å². The molecule has 0 atom stereocenters. The number of likely N-dealkylation sites (tertiary alicyclic amines) is 1. The lowest BCUT2D eigenvalue weighted by atomic mass is 10.0. The number of aryl methyl sites for hydroxylation is 1. The molecule has 1 aromatic heterocycles. The Balaban J connectivity index is 1.65. The summed E-state index contributed by atoms with van der Waals surface area (Å²) in [6.07, 6.45) is -1.44. The number of alkyl halides is 3. The molecule has 1 N–H and O–H groups in total. The van der Waals surface area contributed by atoms with E-state index in [1.165, 1.54) is 6.92 Å². The van der Waals surface area contributed by atoms with Crippen molar-refractivity contribution in [2.75, 3.05) is 32.5 Å².